The minimum Gasteiger partial charge on any atom is -0.379 e. The van der Waals surface area contributed by atoms with Gasteiger partial charge in [-0.15, -0.1) is 12.4 Å². The topological polar surface area (TPSA) is 148 Å². The van der Waals surface area contributed by atoms with E-state index in [0.29, 0.717) is 16.7 Å². The average molecular weight is 914 g/mol. The first-order valence-corrected chi connectivity index (χ1v) is 23.9. The fraction of sp³-hybridized carbons (Fsp3) is 0.174. The molecule has 4 heterocycles. The van der Waals surface area contributed by atoms with Crippen LogP contribution in [0.5, 0.6) is 11.5 Å². The Morgan fingerprint density at radius 3 is 1.52 bits per heavy atom. The SMILES string of the molecule is CN1CC=C(c2c[nH]c3ccc(OS(=O)(=O)c4ccccc4)cc23)CC1.CN1CC=C(c2cn(S(=O)(=O)c3ccccc3)c3ccc(OS(=O)(=O)c4ccccc4)cc23)CC1.Cl. The van der Waals surface area contributed by atoms with E-state index < -0.39 is 30.3 Å². The average Bonchev–Trinajstić information content (AvgIpc) is 3.87. The van der Waals surface area contributed by atoms with Crippen molar-refractivity contribution in [3.8, 4) is 11.5 Å². The smallest absolute Gasteiger partial charge is 0.339 e. The van der Waals surface area contributed by atoms with E-state index in [2.05, 4.69) is 34.0 Å². The molecule has 0 saturated heterocycles. The zero-order chi connectivity index (χ0) is 42.8. The quantitative estimate of drug-likeness (QED) is 0.133. The van der Waals surface area contributed by atoms with E-state index in [-0.39, 0.29) is 32.8 Å². The van der Waals surface area contributed by atoms with Crippen molar-refractivity contribution < 1.29 is 33.6 Å². The van der Waals surface area contributed by atoms with Crippen LogP contribution in [0.2, 0.25) is 0 Å². The van der Waals surface area contributed by atoms with Gasteiger partial charge in [-0.25, -0.2) is 12.4 Å². The first-order valence-electron chi connectivity index (χ1n) is 19.6. The summed E-state index contributed by atoms with van der Waals surface area (Å²) in [6.45, 7) is 3.51. The van der Waals surface area contributed by atoms with Crippen LogP contribution in [-0.2, 0) is 30.3 Å². The molecule has 2 aromatic heterocycles. The number of benzene rings is 5. The number of aromatic amines is 1. The molecular formula is C46H45ClN4O8S3. The molecule has 16 heteroatoms. The number of nitrogens with zero attached hydrogens (tertiary/aromatic N) is 3. The van der Waals surface area contributed by atoms with Crippen LogP contribution in [0.15, 0.2) is 167 Å². The Kier molecular flexibility index (Phi) is 13.1. The number of hydrogen-bond acceptors (Lipinski definition) is 10. The highest BCUT2D eigenvalue weighted by atomic mass is 35.5. The third-order valence-electron chi connectivity index (χ3n) is 10.7. The maximum Gasteiger partial charge on any atom is 0.339 e. The van der Waals surface area contributed by atoms with Gasteiger partial charge in [0.2, 0.25) is 0 Å². The molecule has 0 aliphatic carbocycles. The van der Waals surface area contributed by atoms with E-state index in [1.165, 1.54) is 39.9 Å². The van der Waals surface area contributed by atoms with Gasteiger partial charge in [0, 0.05) is 66.0 Å². The number of H-pyrrole nitrogens is 1. The van der Waals surface area contributed by atoms with Gasteiger partial charge in [-0.1, -0.05) is 66.7 Å². The summed E-state index contributed by atoms with van der Waals surface area (Å²) in [5, 5.41) is 1.59. The minimum absolute atomic E-state index is 0. The number of nitrogens with one attached hydrogen (secondary N) is 1. The van der Waals surface area contributed by atoms with Gasteiger partial charge in [0.1, 0.15) is 21.3 Å². The summed E-state index contributed by atoms with van der Waals surface area (Å²) >= 11 is 0. The Morgan fingerprint density at radius 1 is 0.548 bits per heavy atom. The normalized spacial score (nSPS) is 15.2. The van der Waals surface area contributed by atoms with E-state index >= 15 is 0 Å². The first kappa shape index (κ1) is 44.4. The van der Waals surface area contributed by atoms with E-state index in [1.54, 1.807) is 97.2 Å². The summed E-state index contributed by atoms with van der Waals surface area (Å²) in [6, 6.07) is 34.3. The highest BCUT2D eigenvalue weighted by molar-refractivity contribution is 7.90. The minimum atomic E-state index is -4.04. The second-order valence-corrected chi connectivity index (χ2v) is 19.8. The molecule has 12 nitrogen and oxygen atoms in total. The van der Waals surface area contributed by atoms with E-state index in [1.807, 2.05) is 19.3 Å². The van der Waals surface area contributed by atoms with Crippen LogP contribution < -0.4 is 8.37 Å². The summed E-state index contributed by atoms with van der Waals surface area (Å²) in [4.78, 5) is 8.06. The van der Waals surface area contributed by atoms with E-state index in [4.69, 9.17) is 8.37 Å². The largest absolute Gasteiger partial charge is 0.379 e. The standard InChI is InChI=1S/C26H24N2O5S2.C20H20N2O3S.ClH/c1-27-16-14-20(15-17-27)25-19-28(34(29,30)22-8-4-2-5-9-22)26-13-12-21(18-24(25)26)33-35(31,32)23-10-6-3-7-11-23;1-22-11-9-15(10-12-22)19-14-21-20-8-7-16(13-18(19)20)25-26(23,24)17-5-3-2-4-6-17;/h2-14,18-19H,15-17H2,1H3;2-9,13-14,21H,10-12H2,1H3;1H. The molecule has 62 heavy (non-hydrogen) atoms. The Bertz CT molecular complexity index is 3120. The van der Waals surface area contributed by atoms with Crippen molar-refractivity contribution >= 4 is 75.6 Å². The monoisotopic (exact) mass is 912 g/mol. The molecule has 0 atom stereocenters. The molecule has 0 bridgehead atoms. The van der Waals surface area contributed by atoms with Crippen LogP contribution in [0.4, 0.5) is 0 Å². The van der Waals surface area contributed by atoms with Crippen molar-refractivity contribution in [1.82, 2.24) is 18.8 Å². The van der Waals surface area contributed by atoms with Gasteiger partial charge < -0.3 is 23.1 Å². The van der Waals surface area contributed by atoms with Crippen LogP contribution in [0.1, 0.15) is 24.0 Å². The van der Waals surface area contributed by atoms with E-state index in [0.717, 1.165) is 66.6 Å². The van der Waals surface area contributed by atoms with Gasteiger partial charge in [0.05, 0.1) is 10.4 Å². The summed E-state index contributed by atoms with van der Waals surface area (Å²) in [7, 11) is -7.62. The Morgan fingerprint density at radius 2 is 1.02 bits per heavy atom. The van der Waals surface area contributed by atoms with Gasteiger partial charge in [-0.05, 0) is 111 Å². The molecule has 2 aliphatic heterocycles. The van der Waals surface area contributed by atoms with Crippen molar-refractivity contribution in [3.63, 3.8) is 0 Å². The molecule has 0 radical (unpaired) electrons. The highest BCUT2D eigenvalue weighted by Gasteiger charge is 2.25. The lowest BCUT2D eigenvalue weighted by atomic mass is 9.99. The number of fused-ring (bicyclic) bond motifs is 2. The van der Waals surface area contributed by atoms with Gasteiger partial charge in [-0.2, -0.15) is 16.8 Å². The maximum absolute atomic E-state index is 13.5. The van der Waals surface area contributed by atoms with Crippen LogP contribution in [0, 0.1) is 0 Å². The molecule has 0 unspecified atom stereocenters. The molecule has 0 fully saturated rings. The fourth-order valence-electron chi connectivity index (χ4n) is 7.36. The third kappa shape index (κ3) is 9.53. The molecule has 9 rings (SSSR count). The van der Waals surface area contributed by atoms with Gasteiger partial charge in [0.25, 0.3) is 10.0 Å². The first-order chi connectivity index (χ1) is 29.3. The maximum atomic E-state index is 13.5. The zero-order valence-electron chi connectivity index (χ0n) is 33.9. The van der Waals surface area contributed by atoms with Crippen molar-refractivity contribution in [2.75, 3.05) is 40.3 Å². The summed E-state index contributed by atoms with van der Waals surface area (Å²) < 4.78 is 89.5. The van der Waals surface area contributed by atoms with Crippen LogP contribution in [0.25, 0.3) is 33.0 Å². The third-order valence-corrected chi connectivity index (χ3v) is 14.9. The van der Waals surface area contributed by atoms with Gasteiger partial charge in [-0.3, -0.25) is 0 Å². The van der Waals surface area contributed by atoms with Crippen molar-refractivity contribution in [2.45, 2.75) is 27.5 Å². The molecular weight excluding hydrogens is 868 g/mol. The number of aromatic nitrogens is 2. The van der Waals surface area contributed by atoms with Crippen LogP contribution >= 0.6 is 12.4 Å². The predicted octanol–water partition coefficient (Wildman–Crippen LogP) is 8.44. The lowest BCUT2D eigenvalue weighted by Gasteiger charge is -2.21. The highest BCUT2D eigenvalue weighted by Crippen LogP contribution is 2.36. The Balaban J connectivity index is 0.000000191. The molecule has 2 aliphatic rings. The molecule has 1 N–H and O–H groups in total. The molecule has 0 amide bonds. The zero-order valence-corrected chi connectivity index (χ0v) is 37.2. The molecule has 0 spiro atoms. The number of halogens is 1. The Labute approximate surface area is 368 Å². The fourth-order valence-corrected chi connectivity index (χ4v) is 10.6. The van der Waals surface area contributed by atoms with Crippen LogP contribution in [0.3, 0.4) is 0 Å². The molecule has 7 aromatic rings. The Hall–Kier alpha value is -5.68. The van der Waals surface area contributed by atoms with Gasteiger partial charge >= 0.3 is 20.2 Å². The second kappa shape index (κ2) is 18.3. The summed E-state index contributed by atoms with van der Waals surface area (Å²) in [5.74, 6) is 0.432. The predicted molar refractivity (Wildman–Crippen MR) is 245 cm³/mol. The second-order valence-electron chi connectivity index (χ2n) is 14.9. The number of likely N-dealkylation sites (N-methyl/N-ethyl adjacent to an activating group) is 2. The molecule has 0 saturated carbocycles. The lowest BCUT2D eigenvalue weighted by molar-refractivity contribution is 0.370. The molecule has 5 aromatic carbocycles. The summed E-state index contributed by atoms with van der Waals surface area (Å²) in [5.41, 5.74) is 5.55. The van der Waals surface area contributed by atoms with Crippen molar-refractivity contribution in [3.05, 3.63) is 163 Å². The van der Waals surface area contributed by atoms with E-state index in [9.17, 15) is 25.3 Å². The van der Waals surface area contributed by atoms with Crippen molar-refractivity contribution in [2.24, 2.45) is 0 Å². The van der Waals surface area contributed by atoms with Crippen molar-refractivity contribution in [1.29, 1.82) is 0 Å². The lowest BCUT2D eigenvalue weighted by Crippen LogP contribution is -2.23. The summed E-state index contributed by atoms with van der Waals surface area (Å²) in [6.07, 6.45) is 9.62. The van der Waals surface area contributed by atoms with Crippen LogP contribution in [-0.4, -0.2) is 84.3 Å². The number of rotatable bonds is 10. The number of hydrogen-bond donors (Lipinski definition) is 1. The van der Waals surface area contributed by atoms with Gasteiger partial charge in [0.15, 0.2) is 0 Å². The molecule has 322 valence electrons.